The number of nitrogens with two attached hydrogens (primary N) is 1. The van der Waals surface area contributed by atoms with Crippen LogP contribution in [0.2, 0.25) is 0 Å². The first-order chi connectivity index (χ1) is 5.78. The van der Waals surface area contributed by atoms with E-state index in [2.05, 4.69) is 0 Å². The van der Waals surface area contributed by atoms with Crippen molar-refractivity contribution in [2.45, 2.75) is 44.6 Å². The smallest absolute Gasteiger partial charge is 0.0502 e. The van der Waals surface area contributed by atoms with E-state index in [0.29, 0.717) is 6.61 Å². The van der Waals surface area contributed by atoms with E-state index in [-0.39, 0.29) is 11.5 Å². The molecule has 0 aromatic carbocycles. The Morgan fingerprint density at radius 2 is 2.00 bits per heavy atom. The van der Waals surface area contributed by atoms with Gasteiger partial charge in [-0.2, -0.15) is 0 Å². The first-order valence-electron chi connectivity index (χ1n) is 5.15. The van der Waals surface area contributed by atoms with Gasteiger partial charge >= 0.3 is 0 Å². The molecule has 0 radical (unpaired) electrons. The molecule has 0 heterocycles. The van der Waals surface area contributed by atoms with Crippen LogP contribution in [-0.2, 0) is 0 Å². The zero-order valence-corrected chi connectivity index (χ0v) is 7.63. The van der Waals surface area contributed by atoms with Gasteiger partial charge in [0.15, 0.2) is 0 Å². The molecule has 70 valence electrons. The maximum absolute atomic E-state index is 9.30. The van der Waals surface area contributed by atoms with E-state index in [1.54, 1.807) is 0 Å². The summed E-state index contributed by atoms with van der Waals surface area (Å²) in [5, 5.41) is 9.30. The Morgan fingerprint density at radius 3 is 2.25 bits per heavy atom. The average Bonchev–Trinajstić information content (AvgIpc) is 1.81. The van der Waals surface area contributed by atoms with Crippen molar-refractivity contribution in [3.05, 3.63) is 0 Å². The van der Waals surface area contributed by atoms with Crippen molar-refractivity contribution in [1.82, 2.24) is 0 Å². The molecule has 0 amide bonds. The lowest BCUT2D eigenvalue weighted by atomic mass is 9.59. The minimum atomic E-state index is 0.130. The third-order valence-electron chi connectivity index (χ3n) is 4.03. The third kappa shape index (κ3) is 1.09. The van der Waals surface area contributed by atoms with Crippen molar-refractivity contribution in [1.29, 1.82) is 0 Å². The van der Waals surface area contributed by atoms with Gasteiger partial charge in [-0.3, -0.25) is 0 Å². The first kappa shape index (κ1) is 8.52. The molecule has 2 fully saturated rings. The molecule has 0 spiro atoms. The molecule has 0 aromatic heterocycles. The molecule has 0 aromatic rings. The maximum Gasteiger partial charge on any atom is 0.0502 e. The van der Waals surface area contributed by atoms with Crippen LogP contribution in [0.5, 0.6) is 0 Å². The largest absolute Gasteiger partial charge is 0.396 e. The molecule has 1 unspecified atom stereocenters. The van der Waals surface area contributed by atoms with Crippen LogP contribution in [0.3, 0.4) is 0 Å². The number of hydrogen-bond acceptors (Lipinski definition) is 2. The molecule has 2 heteroatoms. The maximum atomic E-state index is 9.30. The van der Waals surface area contributed by atoms with Gasteiger partial charge in [0.2, 0.25) is 0 Å². The molecule has 2 nitrogen and oxygen atoms in total. The molecule has 2 aliphatic rings. The number of aliphatic hydroxyl groups excluding tert-OH is 1. The van der Waals surface area contributed by atoms with Crippen LogP contribution in [0.25, 0.3) is 0 Å². The number of rotatable bonds is 3. The van der Waals surface area contributed by atoms with Crippen LogP contribution in [0, 0.1) is 11.3 Å². The summed E-state index contributed by atoms with van der Waals surface area (Å²) in [5.41, 5.74) is 6.30. The SMILES string of the molecule is NC(C1CCC1)C1(CO)CCC1. The standard InChI is InChI=1S/C10H19NO/c11-9(8-3-1-4-8)10(7-12)5-2-6-10/h8-9,12H,1-7,11H2. The van der Waals surface area contributed by atoms with Gasteiger partial charge in [0, 0.05) is 11.5 Å². The molecule has 2 aliphatic carbocycles. The Balaban J connectivity index is 1.95. The van der Waals surface area contributed by atoms with Crippen LogP contribution < -0.4 is 5.73 Å². The Labute approximate surface area is 74.1 Å². The summed E-state index contributed by atoms with van der Waals surface area (Å²) >= 11 is 0. The first-order valence-corrected chi connectivity index (χ1v) is 5.15. The van der Waals surface area contributed by atoms with E-state index < -0.39 is 0 Å². The second-order valence-electron chi connectivity index (χ2n) is 4.59. The lowest BCUT2D eigenvalue weighted by Crippen LogP contribution is -2.54. The fourth-order valence-electron chi connectivity index (χ4n) is 2.53. The fraction of sp³-hybridized carbons (Fsp3) is 1.00. The summed E-state index contributed by atoms with van der Waals surface area (Å²) < 4.78 is 0. The molecule has 2 rings (SSSR count). The second kappa shape index (κ2) is 3.00. The molecular weight excluding hydrogens is 150 g/mol. The van der Waals surface area contributed by atoms with Crippen LogP contribution in [0.4, 0.5) is 0 Å². The van der Waals surface area contributed by atoms with Gasteiger partial charge in [-0.05, 0) is 31.6 Å². The van der Waals surface area contributed by atoms with Gasteiger partial charge in [-0.15, -0.1) is 0 Å². The van der Waals surface area contributed by atoms with Gasteiger partial charge in [-0.25, -0.2) is 0 Å². The van der Waals surface area contributed by atoms with Crippen LogP contribution in [-0.4, -0.2) is 17.8 Å². The summed E-state index contributed by atoms with van der Waals surface area (Å²) in [6.07, 6.45) is 7.51. The zero-order chi connectivity index (χ0) is 8.60. The molecule has 0 bridgehead atoms. The normalized spacial score (nSPS) is 30.5. The van der Waals surface area contributed by atoms with Crippen LogP contribution in [0.1, 0.15) is 38.5 Å². The van der Waals surface area contributed by atoms with Gasteiger partial charge in [-0.1, -0.05) is 12.8 Å². The van der Waals surface area contributed by atoms with Gasteiger partial charge < -0.3 is 10.8 Å². The van der Waals surface area contributed by atoms with Crippen molar-refractivity contribution in [3.8, 4) is 0 Å². The van der Waals surface area contributed by atoms with Crippen molar-refractivity contribution >= 4 is 0 Å². The van der Waals surface area contributed by atoms with Gasteiger partial charge in [0.25, 0.3) is 0 Å². The highest BCUT2D eigenvalue weighted by Gasteiger charge is 2.45. The lowest BCUT2D eigenvalue weighted by Gasteiger charge is -2.50. The minimum absolute atomic E-state index is 0.130. The Kier molecular flexibility index (Phi) is 2.13. The van der Waals surface area contributed by atoms with E-state index in [9.17, 15) is 5.11 Å². The quantitative estimate of drug-likeness (QED) is 0.668. The van der Waals surface area contributed by atoms with Crippen molar-refractivity contribution in [2.24, 2.45) is 17.1 Å². The summed E-state index contributed by atoms with van der Waals surface area (Å²) in [6.45, 7) is 0.310. The van der Waals surface area contributed by atoms with Gasteiger partial charge in [0.1, 0.15) is 0 Å². The topological polar surface area (TPSA) is 46.2 Å². The van der Waals surface area contributed by atoms with Crippen molar-refractivity contribution < 1.29 is 5.11 Å². The predicted molar refractivity (Wildman–Crippen MR) is 48.7 cm³/mol. The van der Waals surface area contributed by atoms with Crippen molar-refractivity contribution in [2.75, 3.05) is 6.61 Å². The van der Waals surface area contributed by atoms with E-state index in [0.717, 1.165) is 18.8 Å². The highest BCUT2D eigenvalue weighted by Crippen LogP contribution is 2.48. The van der Waals surface area contributed by atoms with E-state index in [1.165, 1.54) is 25.7 Å². The molecule has 2 saturated carbocycles. The van der Waals surface area contributed by atoms with E-state index >= 15 is 0 Å². The highest BCUT2D eigenvalue weighted by molar-refractivity contribution is 4.99. The minimum Gasteiger partial charge on any atom is -0.396 e. The van der Waals surface area contributed by atoms with E-state index in [4.69, 9.17) is 5.73 Å². The second-order valence-corrected chi connectivity index (χ2v) is 4.59. The number of aliphatic hydroxyl groups is 1. The zero-order valence-electron chi connectivity index (χ0n) is 7.63. The summed E-state index contributed by atoms with van der Waals surface area (Å²) in [5.74, 6) is 0.720. The number of hydrogen-bond donors (Lipinski definition) is 2. The highest BCUT2D eigenvalue weighted by atomic mass is 16.3. The fourth-order valence-corrected chi connectivity index (χ4v) is 2.53. The summed E-state index contributed by atoms with van der Waals surface area (Å²) in [4.78, 5) is 0. The van der Waals surface area contributed by atoms with Crippen LogP contribution >= 0.6 is 0 Å². The molecule has 0 aliphatic heterocycles. The monoisotopic (exact) mass is 169 g/mol. The molecule has 0 saturated heterocycles. The van der Waals surface area contributed by atoms with E-state index in [1.807, 2.05) is 0 Å². The average molecular weight is 169 g/mol. The molecule has 12 heavy (non-hydrogen) atoms. The summed E-state index contributed by atoms with van der Waals surface area (Å²) in [6, 6.07) is 0.282. The van der Waals surface area contributed by atoms with Crippen LogP contribution in [0.15, 0.2) is 0 Å². The predicted octanol–water partition coefficient (Wildman–Crippen LogP) is 1.28. The Bertz CT molecular complexity index is 156. The Hall–Kier alpha value is -0.0800. The van der Waals surface area contributed by atoms with Crippen molar-refractivity contribution in [3.63, 3.8) is 0 Å². The molecule has 1 atom stereocenters. The van der Waals surface area contributed by atoms with Gasteiger partial charge in [0.05, 0.1) is 6.61 Å². The summed E-state index contributed by atoms with van der Waals surface area (Å²) in [7, 11) is 0. The Morgan fingerprint density at radius 1 is 1.33 bits per heavy atom. The third-order valence-corrected chi connectivity index (χ3v) is 4.03. The molecular formula is C10H19NO. The molecule has 3 N–H and O–H groups in total. The lowest BCUT2D eigenvalue weighted by molar-refractivity contribution is -0.0138.